The number of hydrogen-bond donors (Lipinski definition) is 0. The zero-order valence-corrected chi connectivity index (χ0v) is 20.2. The molecule has 0 bridgehead atoms. The van der Waals surface area contributed by atoms with Crippen molar-refractivity contribution >= 4 is 11.8 Å². The lowest BCUT2D eigenvalue weighted by Gasteiger charge is -2.33. The number of alkyl halides is 3. The lowest BCUT2D eigenvalue weighted by molar-refractivity contribution is -0.137. The number of piperazine rings is 1. The van der Waals surface area contributed by atoms with Crippen molar-refractivity contribution in [2.45, 2.75) is 26.6 Å². The standard InChI is InChI=1S/C25H24F3N5O4/c1-16-5-3-8-20(13-16)33-24(37)32(15-18-6-4-7-19(14-18)25(26,27)28)23(36)21(29-33)22(35)31-11-9-30(10-12-31)17(2)34/h3-8,13-14H,9-12,15H2,1-2H3. The molecule has 0 atom stereocenters. The minimum Gasteiger partial charge on any atom is -0.339 e. The Morgan fingerprint density at radius 1 is 0.946 bits per heavy atom. The topological polar surface area (TPSA) is 97.5 Å². The zero-order chi connectivity index (χ0) is 26.9. The maximum atomic E-state index is 13.3. The number of nitrogens with zero attached hydrogens (tertiary/aromatic N) is 5. The fraction of sp³-hybridized carbons (Fsp3) is 0.320. The van der Waals surface area contributed by atoms with Crippen molar-refractivity contribution in [3.8, 4) is 5.69 Å². The molecule has 1 fully saturated rings. The van der Waals surface area contributed by atoms with E-state index in [2.05, 4.69) is 5.10 Å². The van der Waals surface area contributed by atoms with Crippen molar-refractivity contribution in [3.63, 3.8) is 0 Å². The first-order chi connectivity index (χ1) is 17.5. The van der Waals surface area contributed by atoms with Gasteiger partial charge in [-0.25, -0.2) is 4.79 Å². The van der Waals surface area contributed by atoms with E-state index in [1.807, 2.05) is 0 Å². The predicted molar refractivity (Wildman–Crippen MR) is 128 cm³/mol. The highest BCUT2D eigenvalue weighted by molar-refractivity contribution is 5.92. The molecule has 1 saturated heterocycles. The average Bonchev–Trinajstić information content (AvgIpc) is 2.86. The molecule has 1 aliphatic rings. The van der Waals surface area contributed by atoms with Crippen molar-refractivity contribution in [2.75, 3.05) is 26.2 Å². The number of hydrogen-bond acceptors (Lipinski definition) is 5. The van der Waals surface area contributed by atoms with Crippen molar-refractivity contribution in [1.82, 2.24) is 24.1 Å². The molecule has 3 aromatic rings. The van der Waals surface area contributed by atoms with Crippen LogP contribution in [-0.4, -0.2) is 62.1 Å². The summed E-state index contributed by atoms with van der Waals surface area (Å²) in [5.41, 5.74) is -2.23. The Labute approximate surface area is 209 Å². The van der Waals surface area contributed by atoms with Gasteiger partial charge in [-0.3, -0.25) is 19.0 Å². The van der Waals surface area contributed by atoms with Gasteiger partial charge in [-0.15, -0.1) is 0 Å². The van der Waals surface area contributed by atoms with Crippen molar-refractivity contribution in [2.24, 2.45) is 0 Å². The van der Waals surface area contributed by atoms with E-state index in [1.165, 1.54) is 24.0 Å². The van der Waals surface area contributed by atoms with Crippen LogP contribution in [0, 0.1) is 6.92 Å². The second kappa shape index (κ2) is 10.0. The lowest BCUT2D eigenvalue weighted by Crippen LogP contribution is -2.52. The zero-order valence-electron chi connectivity index (χ0n) is 20.2. The van der Waals surface area contributed by atoms with Gasteiger partial charge in [-0.05, 0) is 42.3 Å². The number of amides is 2. The molecule has 0 aliphatic carbocycles. The van der Waals surface area contributed by atoms with Gasteiger partial charge in [0.2, 0.25) is 11.6 Å². The van der Waals surface area contributed by atoms with Crippen LogP contribution in [0.5, 0.6) is 0 Å². The quantitative estimate of drug-likeness (QED) is 0.530. The van der Waals surface area contributed by atoms with Gasteiger partial charge < -0.3 is 9.80 Å². The van der Waals surface area contributed by atoms with Crippen LogP contribution in [0.1, 0.15) is 34.1 Å². The van der Waals surface area contributed by atoms with E-state index in [9.17, 15) is 32.3 Å². The van der Waals surface area contributed by atoms with Crippen LogP contribution >= 0.6 is 0 Å². The number of rotatable bonds is 4. The molecule has 0 radical (unpaired) electrons. The Hall–Kier alpha value is -4.22. The van der Waals surface area contributed by atoms with Gasteiger partial charge in [0.25, 0.3) is 11.5 Å². The first kappa shape index (κ1) is 25.9. The molecule has 0 spiro atoms. The summed E-state index contributed by atoms with van der Waals surface area (Å²) in [6.07, 6.45) is -4.61. The molecule has 2 aromatic carbocycles. The fourth-order valence-electron chi connectivity index (χ4n) is 4.12. The first-order valence-corrected chi connectivity index (χ1v) is 11.5. The molecule has 0 N–H and O–H groups in total. The number of halogens is 3. The molecule has 1 aromatic heterocycles. The van der Waals surface area contributed by atoms with Crippen LogP contribution in [0.3, 0.4) is 0 Å². The highest BCUT2D eigenvalue weighted by atomic mass is 19.4. The van der Waals surface area contributed by atoms with Crippen LogP contribution in [0.4, 0.5) is 13.2 Å². The van der Waals surface area contributed by atoms with Crippen LogP contribution < -0.4 is 11.2 Å². The van der Waals surface area contributed by atoms with E-state index in [1.54, 1.807) is 36.1 Å². The normalized spacial score (nSPS) is 14.1. The average molecular weight is 515 g/mol. The maximum Gasteiger partial charge on any atom is 0.416 e. The molecule has 12 heteroatoms. The third-order valence-electron chi connectivity index (χ3n) is 6.12. The largest absolute Gasteiger partial charge is 0.416 e. The molecule has 4 rings (SSSR count). The van der Waals surface area contributed by atoms with Crippen LogP contribution in [0.25, 0.3) is 5.69 Å². The summed E-state index contributed by atoms with van der Waals surface area (Å²) in [6, 6.07) is 10.9. The van der Waals surface area contributed by atoms with Gasteiger partial charge in [-0.1, -0.05) is 24.3 Å². The number of aromatic nitrogens is 3. The minimum absolute atomic E-state index is 0.0597. The molecule has 1 aliphatic heterocycles. The predicted octanol–water partition coefficient (Wildman–Crippen LogP) is 2.07. The van der Waals surface area contributed by atoms with E-state index in [0.29, 0.717) is 10.3 Å². The SMILES string of the molecule is CC(=O)N1CCN(C(=O)c2nn(-c3cccc(C)c3)c(=O)n(Cc3cccc(C(F)(F)F)c3)c2=O)CC1. The van der Waals surface area contributed by atoms with E-state index >= 15 is 0 Å². The number of carbonyl (C=O) groups is 2. The van der Waals surface area contributed by atoms with Crippen molar-refractivity contribution < 1.29 is 22.8 Å². The highest BCUT2D eigenvalue weighted by Crippen LogP contribution is 2.29. The molecule has 2 amide bonds. The van der Waals surface area contributed by atoms with E-state index in [-0.39, 0.29) is 37.6 Å². The first-order valence-electron chi connectivity index (χ1n) is 11.5. The van der Waals surface area contributed by atoms with Gasteiger partial charge >= 0.3 is 11.9 Å². The van der Waals surface area contributed by atoms with Gasteiger partial charge in [-0.2, -0.15) is 23.0 Å². The summed E-state index contributed by atoms with van der Waals surface area (Å²) in [6.45, 7) is 3.59. The summed E-state index contributed by atoms with van der Waals surface area (Å²) in [7, 11) is 0. The van der Waals surface area contributed by atoms with Gasteiger partial charge in [0.1, 0.15) is 0 Å². The minimum atomic E-state index is -4.61. The summed E-state index contributed by atoms with van der Waals surface area (Å²) in [4.78, 5) is 54.5. The summed E-state index contributed by atoms with van der Waals surface area (Å²) in [5.74, 6) is -0.867. The molecular weight excluding hydrogens is 491 g/mol. The third-order valence-corrected chi connectivity index (χ3v) is 6.12. The summed E-state index contributed by atoms with van der Waals surface area (Å²) < 4.78 is 41.3. The number of benzene rings is 2. The van der Waals surface area contributed by atoms with Crippen LogP contribution in [-0.2, 0) is 17.5 Å². The summed E-state index contributed by atoms with van der Waals surface area (Å²) in [5, 5.41) is 4.09. The van der Waals surface area contributed by atoms with Gasteiger partial charge in [0.15, 0.2) is 0 Å². The summed E-state index contributed by atoms with van der Waals surface area (Å²) >= 11 is 0. The molecular formula is C25H24F3N5O4. The van der Waals surface area contributed by atoms with Crippen molar-refractivity contribution in [3.05, 3.63) is 91.8 Å². The molecule has 0 unspecified atom stereocenters. The molecule has 2 heterocycles. The van der Waals surface area contributed by atoms with Gasteiger partial charge in [0.05, 0.1) is 17.8 Å². The number of aryl methyl sites for hydroxylation is 1. The van der Waals surface area contributed by atoms with E-state index < -0.39 is 41.1 Å². The molecule has 0 saturated carbocycles. The van der Waals surface area contributed by atoms with Crippen molar-refractivity contribution in [1.29, 1.82) is 0 Å². The molecule has 194 valence electrons. The van der Waals surface area contributed by atoms with Gasteiger partial charge in [0, 0.05) is 33.1 Å². The monoisotopic (exact) mass is 515 g/mol. The lowest BCUT2D eigenvalue weighted by atomic mass is 10.1. The Kier molecular flexibility index (Phi) is 7.01. The maximum absolute atomic E-state index is 13.3. The van der Waals surface area contributed by atoms with E-state index in [4.69, 9.17) is 0 Å². The second-order valence-corrected chi connectivity index (χ2v) is 8.77. The second-order valence-electron chi connectivity index (χ2n) is 8.77. The Morgan fingerprint density at radius 3 is 2.22 bits per heavy atom. The molecule has 37 heavy (non-hydrogen) atoms. The van der Waals surface area contributed by atoms with Crippen LogP contribution in [0.2, 0.25) is 0 Å². The smallest absolute Gasteiger partial charge is 0.339 e. The highest BCUT2D eigenvalue weighted by Gasteiger charge is 2.31. The van der Waals surface area contributed by atoms with Crippen LogP contribution in [0.15, 0.2) is 58.1 Å². The molecule has 9 nitrogen and oxygen atoms in total. The Balaban J connectivity index is 1.81. The fourth-order valence-corrected chi connectivity index (χ4v) is 4.12. The Morgan fingerprint density at radius 2 is 1.59 bits per heavy atom. The number of carbonyl (C=O) groups excluding carboxylic acids is 2. The third kappa shape index (κ3) is 5.47. The van der Waals surface area contributed by atoms with E-state index in [0.717, 1.165) is 22.4 Å². The Bertz CT molecular complexity index is 1470.